The number of carbonyl (C=O) groups is 1. The molecule has 28 heavy (non-hydrogen) atoms. The van der Waals surface area contributed by atoms with Gasteiger partial charge in [0, 0.05) is 13.7 Å². The Morgan fingerprint density at radius 2 is 2.39 bits per heavy atom. The van der Waals surface area contributed by atoms with E-state index in [1.54, 1.807) is 17.4 Å². The monoisotopic (exact) mass is 441 g/mol. The van der Waals surface area contributed by atoms with E-state index < -0.39 is 17.4 Å². The highest BCUT2D eigenvalue weighted by atomic mass is 35.5. The van der Waals surface area contributed by atoms with Gasteiger partial charge in [0.2, 0.25) is 11.9 Å². The number of hydrogen-bond donors (Lipinski definition) is 3. The van der Waals surface area contributed by atoms with E-state index in [-0.39, 0.29) is 17.2 Å². The zero-order valence-corrected chi connectivity index (χ0v) is 17.2. The first-order valence-electron chi connectivity index (χ1n) is 8.51. The van der Waals surface area contributed by atoms with Gasteiger partial charge >= 0.3 is 0 Å². The number of aromatic nitrogens is 1. The van der Waals surface area contributed by atoms with Gasteiger partial charge in [0.05, 0.1) is 14.8 Å². The van der Waals surface area contributed by atoms with Gasteiger partial charge in [-0.25, -0.2) is 4.98 Å². The van der Waals surface area contributed by atoms with Gasteiger partial charge in [0.15, 0.2) is 5.44 Å². The van der Waals surface area contributed by atoms with Crippen LogP contribution in [-0.2, 0) is 10.3 Å². The fraction of sp³-hybridized carbons (Fsp3) is 0.353. The molecule has 2 aromatic rings. The van der Waals surface area contributed by atoms with Crippen LogP contribution in [0.2, 0.25) is 5.02 Å². The van der Waals surface area contributed by atoms with Crippen molar-refractivity contribution in [1.82, 2.24) is 14.6 Å². The number of halogens is 2. The second-order valence-electron chi connectivity index (χ2n) is 6.44. The molecule has 2 aromatic heterocycles. The van der Waals surface area contributed by atoms with Crippen LogP contribution in [0.15, 0.2) is 24.3 Å². The molecule has 7 nitrogen and oxygen atoms in total. The Morgan fingerprint density at radius 3 is 3.18 bits per heavy atom. The summed E-state index contributed by atoms with van der Waals surface area (Å²) in [6.07, 6.45) is 1.54. The highest BCUT2D eigenvalue weighted by molar-refractivity contribution is 7.98. The molecule has 2 atom stereocenters. The normalized spacial score (nSPS) is 24.5. The molecular weight excluding hydrogens is 425 g/mol. The van der Waals surface area contributed by atoms with E-state index in [1.807, 2.05) is 0 Å². The molecule has 2 saturated heterocycles. The predicted molar refractivity (Wildman–Crippen MR) is 108 cm³/mol. The summed E-state index contributed by atoms with van der Waals surface area (Å²) in [5.41, 5.74) is -0.943. The van der Waals surface area contributed by atoms with Crippen LogP contribution in [-0.4, -0.2) is 40.2 Å². The lowest BCUT2D eigenvalue weighted by Gasteiger charge is -2.49. The van der Waals surface area contributed by atoms with Crippen LogP contribution in [0.1, 0.15) is 27.4 Å². The van der Waals surface area contributed by atoms with E-state index in [0.29, 0.717) is 16.5 Å². The van der Waals surface area contributed by atoms with Gasteiger partial charge in [-0.05, 0) is 43.0 Å². The Balaban J connectivity index is 1.64. The van der Waals surface area contributed by atoms with E-state index in [0.717, 1.165) is 17.7 Å². The topological polar surface area (TPSA) is 90.3 Å². The molecule has 2 unspecified atom stereocenters. The molecule has 0 radical (unpaired) electrons. The summed E-state index contributed by atoms with van der Waals surface area (Å²) < 4.78 is 20.9. The number of ether oxygens (including phenoxy) is 1. The van der Waals surface area contributed by atoms with Crippen molar-refractivity contribution in [3.05, 3.63) is 45.0 Å². The maximum atomic E-state index is 13.3. The Bertz CT molecular complexity index is 942. The van der Waals surface area contributed by atoms with Gasteiger partial charge < -0.3 is 15.4 Å². The average molecular weight is 442 g/mol. The number of thiophene rings is 1. The molecule has 1 amide bonds. The van der Waals surface area contributed by atoms with Crippen molar-refractivity contribution in [2.45, 2.75) is 23.8 Å². The number of nitrogens with zero attached hydrogens (tertiary/aromatic N) is 2. The average Bonchev–Trinajstić information content (AvgIpc) is 3.05. The number of anilines is 1. The van der Waals surface area contributed by atoms with Gasteiger partial charge in [-0.1, -0.05) is 17.7 Å². The zero-order chi connectivity index (χ0) is 19.9. The lowest BCUT2D eigenvalue weighted by atomic mass is 9.90. The van der Waals surface area contributed by atoms with Crippen LogP contribution >= 0.6 is 34.9 Å². The maximum Gasteiger partial charge on any atom is 0.266 e. The molecule has 148 valence electrons. The van der Waals surface area contributed by atoms with Crippen LogP contribution in [0.4, 0.5) is 10.2 Å². The maximum absolute atomic E-state index is 13.3. The highest BCUT2D eigenvalue weighted by Crippen LogP contribution is 2.49. The summed E-state index contributed by atoms with van der Waals surface area (Å²) in [4.78, 5) is 17.4. The Hall–Kier alpha value is -1.88. The van der Waals surface area contributed by atoms with Crippen molar-refractivity contribution < 1.29 is 13.9 Å². The van der Waals surface area contributed by atoms with E-state index in [2.05, 4.69) is 15.6 Å². The molecular formula is C17H17ClFN5O2S2. The molecule has 0 spiro atoms. The minimum atomic E-state index is -0.677. The first kappa shape index (κ1) is 19.4. The lowest BCUT2D eigenvalue weighted by Crippen LogP contribution is -2.62. The molecule has 11 heteroatoms. The molecule has 0 saturated carbocycles. The molecule has 0 aliphatic carbocycles. The van der Waals surface area contributed by atoms with Gasteiger partial charge in [-0.3, -0.25) is 14.5 Å². The second-order valence-corrected chi connectivity index (χ2v) is 9.09. The molecule has 0 aromatic carbocycles. The van der Waals surface area contributed by atoms with Crippen LogP contribution in [0.5, 0.6) is 0 Å². The summed E-state index contributed by atoms with van der Waals surface area (Å²) in [6.45, 7) is 0.629. The smallest absolute Gasteiger partial charge is 0.266 e. The number of pyridine rings is 1. The zero-order valence-electron chi connectivity index (χ0n) is 14.8. The SMILES string of the molecule is CN1SC2OCCCC2(c2sc(C(=O)Nc3cccc(F)n3)cc2Cl)NC1=N. The molecule has 2 aliphatic rings. The van der Waals surface area contributed by atoms with E-state index in [9.17, 15) is 9.18 Å². The summed E-state index contributed by atoms with van der Waals surface area (Å²) in [5.74, 6) is -0.708. The summed E-state index contributed by atoms with van der Waals surface area (Å²) in [5, 5.41) is 14.5. The molecule has 4 heterocycles. The Labute approximate surface area is 174 Å². The summed E-state index contributed by atoms with van der Waals surface area (Å²) in [7, 11) is 1.79. The minimum absolute atomic E-state index is 0.128. The van der Waals surface area contributed by atoms with Crippen molar-refractivity contribution in [2.75, 3.05) is 19.0 Å². The van der Waals surface area contributed by atoms with Crippen molar-refractivity contribution in [2.24, 2.45) is 0 Å². The fourth-order valence-electron chi connectivity index (χ4n) is 3.25. The van der Waals surface area contributed by atoms with Gasteiger partial charge in [-0.2, -0.15) is 4.39 Å². The van der Waals surface area contributed by atoms with Crippen molar-refractivity contribution in [1.29, 1.82) is 5.41 Å². The van der Waals surface area contributed by atoms with Gasteiger partial charge in [-0.15, -0.1) is 11.3 Å². The summed E-state index contributed by atoms with van der Waals surface area (Å²) >= 11 is 9.18. The van der Waals surface area contributed by atoms with Crippen LogP contribution in [0.3, 0.4) is 0 Å². The number of hydrogen-bond acceptors (Lipinski definition) is 6. The number of amides is 1. The fourth-order valence-corrected chi connectivity index (χ4v) is 5.99. The number of guanidine groups is 1. The van der Waals surface area contributed by atoms with Crippen molar-refractivity contribution >= 4 is 52.6 Å². The van der Waals surface area contributed by atoms with E-state index in [4.69, 9.17) is 21.7 Å². The molecule has 2 aliphatic heterocycles. The lowest BCUT2D eigenvalue weighted by molar-refractivity contribution is -0.00140. The standard InChI is InChI=1S/C17H17ClFN5O2S2/c1-24-16(20)23-17(6-3-7-26-15(17)28-24)13-9(18)8-10(27-13)14(25)22-12-5-2-4-11(19)21-12/h2,4-5,8,15H,3,6-7H2,1H3,(H2,20,23)(H,21,22,25). The number of fused-ring (bicyclic) bond motifs is 1. The Morgan fingerprint density at radius 1 is 1.57 bits per heavy atom. The highest BCUT2D eigenvalue weighted by Gasteiger charge is 2.51. The van der Waals surface area contributed by atoms with E-state index in [1.165, 1.54) is 41.5 Å². The van der Waals surface area contributed by atoms with Crippen molar-refractivity contribution in [3.8, 4) is 0 Å². The largest absolute Gasteiger partial charge is 0.363 e. The first-order chi connectivity index (χ1) is 13.4. The van der Waals surface area contributed by atoms with Gasteiger partial charge in [0.1, 0.15) is 11.4 Å². The third kappa shape index (κ3) is 3.45. The molecule has 2 fully saturated rings. The second kappa shape index (κ2) is 7.51. The van der Waals surface area contributed by atoms with Crippen LogP contribution < -0.4 is 10.6 Å². The molecule has 4 rings (SSSR count). The third-order valence-electron chi connectivity index (χ3n) is 4.57. The third-order valence-corrected chi connectivity index (χ3v) is 7.52. The first-order valence-corrected chi connectivity index (χ1v) is 10.5. The minimum Gasteiger partial charge on any atom is -0.363 e. The van der Waals surface area contributed by atoms with Crippen molar-refractivity contribution in [3.63, 3.8) is 0 Å². The van der Waals surface area contributed by atoms with Gasteiger partial charge in [0.25, 0.3) is 5.91 Å². The summed E-state index contributed by atoms with van der Waals surface area (Å²) in [6, 6.07) is 5.78. The quantitative estimate of drug-likeness (QED) is 0.497. The number of carbonyl (C=O) groups excluding carboxylic acids is 1. The van der Waals surface area contributed by atoms with E-state index >= 15 is 0 Å². The molecule has 3 N–H and O–H groups in total. The number of nitrogens with one attached hydrogen (secondary N) is 3. The van der Waals surface area contributed by atoms with Crippen LogP contribution in [0.25, 0.3) is 0 Å². The Kier molecular flexibility index (Phi) is 5.21. The predicted octanol–water partition coefficient (Wildman–Crippen LogP) is 3.64. The molecule has 0 bridgehead atoms. The number of rotatable bonds is 3. The van der Waals surface area contributed by atoms with Crippen LogP contribution in [0, 0.1) is 11.4 Å².